The predicted molar refractivity (Wildman–Crippen MR) is 128 cm³/mol. The van der Waals surface area contributed by atoms with Crippen molar-refractivity contribution in [1.82, 2.24) is 25.2 Å². The normalized spacial score (nSPS) is 14.9. The van der Waals surface area contributed by atoms with E-state index in [2.05, 4.69) is 25.3 Å². The molecule has 2 heterocycles. The highest BCUT2D eigenvalue weighted by Crippen LogP contribution is 2.08. The van der Waals surface area contributed by atoms with Gasteiger partial charge in [0.2, 0.25) is 5.91 Å². The number of hydrogen-bond acceptors (Lipinski definition) is 5. The molecule has 1 aliphatic heterocycles. The molecule has 30 heavy (non-hydrogen) atoms. The first-order valence-electron chi connectivity index (χ1n) is 10.1. The molecule has 0 radical (unpaired) electrons. The van der Waals surface area contributed by atoms with Crippen LogP contribution in [0.3, 0.4) is 0 Å². The van der Waals surface area contributed by atoms with E-state index in [9.17, 15) is 4.79 Å². The summed E-state index contributed by atoms with van der Waals surface area (Å²) in [7, 11) is 1.76. The van der Waals surface area contributed by atoms with Crippen LogP contribution in [0.1, 0.15) is 18.2 Å². The largest absolute Gasteiger partial charge is 0.364 e. The number of carbonyl (C=O) groups is 1. The molecule has 1 fully saturated rings. The number of rotatable bonds is 7. The van der Waals surface area contributed by atoms with E-state index >= 15 is 0 Å². The molecule has 0 aliphatic carbocycles. The van der Waals surface area contributed by atoms with E-state index in [4.69, 9.17) is 4.52 Å². The fourth-order valence-electron chi connectivity index (χ4n) is 3.44. The lowest BCUT2D eigenvalue weighted by Crippen LogP contribution is -2.53. The fourth-order valence-corrected chi connectivity index (χ4v) is 3.44. The van der Waals surface area contributed by atoms with Gasteiger partial charge in [-0.25, -0.2) is 0 Å². The van der Waals surface area contributed by atoms with E-state index in [0.717, 1.165) is 49.9 Å². The molecule has 0 atom stereocenters. The van der Waals surface area contributed by atoms with Gasteiger partial charge in [-0.3, -0.25) is 14.7 Å². The monoisotopic (exact) mass is 526 g/mol. The molecule has 0 saturated carbocycles. The van der Waals surface area contributed by atoms with Gasteiger partial charge in [0.15, 0.2) is 5.96 Å². The summed E-state index contributed by atoms with van der Waals surface area (Å²) in [6.45, 7) is 7.87. The minimum atomic E-state index is 0. The van der Waals surface area contributed by atoms with E-state index in [1.54, 1.807) is 13.3 Å². The van der Waals surface area contributed by atoms with Crippen LogP contribution >= 0.6 is 24.0 Å². The fraction of sp³-hybridized carbons (Fsp3) is 0.476. The van der Waals surface area contributed by atoms with Crippen LogP contribution in [-0.2, 0) is 17.9 Å². The van der Waals surface area contributed by atoms with E-state index in [-0.39, 0.29) is 36.4 Å². The van der Waals surface area contributed by atoms with Crippen molar-refractivity contribution in [2.75, 3.05) is 46.3 Å². The van der Waals surface area contributed by atoms with E-state index in [0.29, 0.717) is 13.1 Å². The minimum Gasteiger partial charge on any atom is -0.364 e. The van der Waals surface area contributed by atoms with E-state index in [1.165, 1.54) is 0 Å². The zero-order chi connectivity index (χ0) is 20.5. The number of aliphatic imine (C=N–C) groups is 1. The van der Waals surface area contributed by atoms with Crippen molar-refractivity contribution in [3.8, 4) is 0 Å². The van der Waals surface area contributed by atoms with Gasteiger partial charge in [-0.05, 0) is 12.5 Å². The van der Waals surface area contributed by atoms with Crippen LogP contribution in [0.15, 0.2) is 52.2 Å². The predicted octanol–water partition coefficient (Wildman–Crippen LogP) is 2.03. The van der Waals surface area contributed by atoms with Gasteiger partial charge in [0.1, 0.15) is 6.26 Å². The molecule has 1 N–H and O–H groups in total. The molecule has 9 heteroatoms. The zero-order valence-electron chi connectivity index (χ0n) is 17.7. The zero-order valence-corrected chi connectivity index (χ0v) is 20.0. The molecule has 1 aromatic carbocycles. The Morgan fingerprint density at radius 2 is 1.93 bits per heavy atom. The van der Waals surface area contributed by atoms with E-state index in [1.807, 2.05) is 48.2 Å². The number of nitrogens with zero attached hydrogens (tertiary/aromatic N) is 5. The van der Waals surface area contributed by atoms with Crippen molar-refractivity contribution in [3.05, 3.63) is 53.9 Å². The SMILES string of the molecule is CCN(Cc1ccccc1)C(=O)CNC(=NC)N1CCN(Cc2ccon2)CC1.I. The summed E-state index contributed by atoms with van der Waals surface area (Å²) in [5.41, 5.74) is 2.08. The first kappa shape index (κ1) is 24.1. The molecule has 3 rings (SSSR count). The number of likely N-dealkylation sites (N-methyl/N-ethyl adjacent to an activating group) is 1. The number of piperazine rings is 1. The maximum atomic E-state index is 12.7. The third-order valence-electron chi connectivity index (χ3n) is 5.11. The van der Waals surface area contributed by atoms with Crippen LogP contribution in [-0.4, -0.2) is 78.0 Å². The summed E-state index contributed by atoms with van der Waals surface area (Å²) in [6.07, 6.45) is 1.60. The van der Waals surface area contributed by atoms with Gasteiger partial charge < -0.3 is 19.6 Å². The molecule has 1 aromatic heterocycles. The Hall–Kier alpha value is -2.14. The number of amides is 1. The maximum Gasteiger partial charge on any atom is 0.242 e. The van der Waals surface area contributed by atoms with Crippen LogP contribution in [0.5, 0.6) is 0 Å². The van der Waals surface area contributed by atoms with Gasteiger partial charge in [0, 0.05) is 58.9 Å². The molecule has 8 nitrogen and oxygen atoms in total. The second-order valence-electron chi connectivity index (χ2n) is 7.05. The Bertz CT molecular complexity index is 776. The van der Waals surface area contributed by atoms with Crippen molar-refractivity contribution in [2.24, 2.45) is 4.99 Å². The Balaban J connectivity index is 0.00000320. The first-order chi connectivity index (χ1) is 14.2. The Labute approximate surface area is 195 Å². The number of aromatic nitrogens is 1. The van der Waals surface area contributed by atoms with Gasteiger partial charge in [-0.1, -0.05) is 35.5 Å². The van der Waals surface area contributed by atoms with Crippen molar-refractivity contribution in [3.63, 3.8) is 0 Å². The van der Waals surface area contributed by atoms with E-state index < -0.39 is 0 Å². The van der Waals surface area contributed by atoms with Gasteiger partial charge in [0.25, 0.3) is 0 Å². The molecular weight excluding hydrogens is 495 g/mol. The molecule has 1 aliphatic rings. The minimum absolute atomic E-state index is 0. The lowest BCUT2D eigenvalue weighted by molar-refractivity contribution is -0.130. The highest BCUT2D eigenvalue weighted by Gasteiger charge is 2.21. The van der Waals surface area contributed by atoms with Crippen LogP contribution < -0.4 is 5.32 Å². The van der Waals surface area contributed by atoms with Crippen molar-refractivity contribution in [2.45, 2.75) is 20.0 Å². The quantitative estimate of drug-likeness (QED) is 0.338. The van der Waals surface area contributed by atoms with Crippen molar-refractivity contribution < 1.29 is 9.32 Å². The topological polar surface area (TPSA) is 77.2 Å². The molecule has 1 amide bonds. The molecule has 2 aromatic rings. The first-order valence-corrected chi connectivity index (χ1v) is 10.1. The molecule has 0 unspecified atom stereocenters. The molecule has 0 spiro atoms. The third-order valence-corrected chi connectivity index (χ3v) is 5.11. The smallest absolute Gasteiger partial charge is 0.242 e. The van der Waals surface area contributed by atoms with Crippen molar-refractivity contribution in [1.29, 1.82) is 0 Å². The maximum absolute atomic E-state index is 12.7. The molecule has 1 saturated heterocycles. The number of nitrogens with one attached hydrogen (secondary N) is 1. The van der Waals surface area contributed by atoms with Gasteiger partial charge in [-0.15, -0.1) is 24.0 Å². The Kier molecular flexibility index (Phi) is 10.1. The van der Waals surface area contributed by atoms with Gasteiger partial charge in [0.05, 0.1) is 12.2 Å². The highest BCUT2D eigenvalue weighted by molar-refractivity contribution is 14.0. The second kappa shape index (κ2) is 12.5. The van der Waals surface area contributed by atoms with Gasteiger partial charge in [-0.2, -0.15) is 0 Å². The van der Waals surface area contributed by atoms with Crippen LogP contribution in [0, 0.1) is 0 Å². The Morgan fingerprint density at radius 3 is 2.53 bits per heavy atom. The van der Waals surface area contributed by atoms with Gasteiger partial charge >= 0.3 is 0 Å². The average Bonchev–Trinajstić information content (AvgIpc) is 3.27. The lowest BCUT2D eigenvalue weighted by Gasteiger charge is -2.36. The van der Waals surface area contributed by atoms with Crippen LogP contribution in [0.25, 0.3) is 0 Å². The summed E-state index contributed by atoms with van der Waals surface area (Å²) in [4.78, 5) is 23.4. The number of carbonyl (C=O) groups excluding carboxylic acids is 1. The lowest BCUT2D eigenvalue weighted by atomic mass is 10.2. The summed E-state index contributed by atoms with van der Waals surface area (Å²) in [6, 6.07) is 12.0. The summed E-state index contributed by atoms with van der Waals surface area (Å²) in [5, 5.41) is 7.21. The highest BCUT2D eigenvalue weighted by atomic mass is 127. The number of halogens is 1. The average molecular weight is 526 g/mol. The third kappa shape index (κ3) is 6.98. The standard InChI is InChI=1S/C21H30N6O2.HI/c1-3-26(16-18-7-5-4-6-8-18)20(28)15-23-21(22-2)27-12-10-25(11-13-27)17-19-9-14-29-24-19;/h4-9,14H,3,10-13,15-17H2,1-2H3,(H,22,23);1H. The Morgan fingerprint density at radius 1 is 1.20 bits per heavy atom. The second-order valence-corrected chi connectivity index (χ2v) is 7.05. The van der Waals surface area contributed by atoms with Crippen molar-refractivity contribution >= 4 is 35.8 Å². The number of benzene rings is 1. The summed E-state index contributed by atoms with van der Waals surface area (Å²) < 4.78 is 4.90. The number of hydrogen-bond donors (Lipinski definition) is 1. The molecular formula is C21H31IN6O2. The summed E-state index contributed by atoms with van der Waals surface area (Å²) >= 11 is 0. The molecule has 0 bridgehead atoms. The van der Waals surface area contributed by atoms with Crippen LogP contribution in [0.4, 0.5) is 0 Å². The van der Waals surface area contributed by atoms with Crippen LogP contribution in [0.2, 0.25) is 0 Å². The molecule has 164 valence electrons. The number of guanidine groups is 1. The summed E-state index contributed by atoms with van der Waals surface area (Å²) in [5.74, 6) is 0.845.